The first-order chi connectivity index (χ1) is 13.2. The summed E-state index contributed by atoms with van der Waals surface area (Å²) in [6.45, 7) is -0.217. The van der Waals surface area contributed by atoms with Crippen LogP contribution in [0.2, 0.25) is 0 Å². The first kappa shape index (κ1) is 21.7. The minimum absolute atomic E-state index is 0.0341. The number of rotatable bonds is 6. The summed E-state index contributed by atoms with van der Waals surface area (Å²) in [6, 6.07) is 3.92. The van der Waals surface area contributed by atoms with Crippen LogP contribution in [0.5, 0.6) is 0 Å². The summed E-state index contributed by atoms with van der Waals surface area (Å²) < 4.78 is 39.8. The van der Waals surface area contributed by atoms with Crippen molar-refractivity contribution in [1.82, 2.24) is 4.90 Å². The third-order valence-corrected chi connectivity index (χ3v) is 5.13. The van der Waals surface area contributed by atoms with E-state index in [0.29, 0.717) is 23.8 Å². The molecule has 0 heterocycles. The molecule has 1 aliphatic carbocycles. The molecule has 0 aromatic heterocycles. The molecule has 2 rings (SSSR count). The number of likely N-dealkylation sites (N-methyl/N-ethyl adjacent to an activating group) is 2. The largest absolute Gasteiger partial charge is 0.322 e. The molecule has 1 fully saturated rings. The number of benzene rings is 1. The minimum atomic E-state index is -1.66. The van der Waals surface area contributed by atoms with Gasteiger partial charge in [0.2, 0.25) is 0 Å². The maximum Gasteiger partial charge on any atom is 0.279 e. The van der Waals surface area contributed by atoms with E-state index in [2.05, 4.69) is 11.4 Å². The number of nitrogens with zero attached hydrogens (tertiary/aromatic N) is 2. The van der Waals surface area contributed by atoms with Gasteiger partial charge in [0.05, 0.1) is 18.8 Å². The third-order valence-electron chi connectivity index (χ3n) is 5.13. The number of hydrogen-bond donors (Lipinski definition) is 2. The molecule has 28 heavy (non-hydrogen) atoms. The van der Waals surface area contributed by atoms with Crippen molar-refractivity contribution in [3.05, 3.63) is 29.6 Å². The maximum absolute atomic E-state index is 13.6. The molecule has 1 unspecified atom stereocenters. The van der Waals surface area contributed by atoms with Gasteiger partial charge in [0.25, 0.3) is 11.8 Å². The van der Waals surface area contributed by atoms with E-state index in [1.54, 1.807) is 14.1 Å². The minimum Gasteiger partial charge on any atom is -0.322 e. The Balaban J connectivity index is 1.93. The van der Waals surface area contributed by atoms with Crippen LogP contribution in [0.1, 0.15) is 32.1 Å². The van der Waals surface area contributed by atoms with Crippen LogP contribution in [0.4, 0.5) is 18.9 Å². The van der Waals surface area contributed by atoms with E-state index in [0.717, 1.165) is 25.3 Å². The van der Waals surface area contributed by atoms with E-state index in [4.69, 9.17) is 0 Å². The zero-order valence-corrected chi connectivity index (χ0v) is 15.9. The third kappa shape index (κ3) is 4.81. The van der Waals surface area contributed by atoms with Gasteiger partial charge in [0.1, 0.15) is 5.54 Å². The second kappa shape index (κ2) is 9.06. The summed E-state index contributed by atoms with van der Waals surface area (Å²) in [6.07, 6.45) is 4.06. The molecule has 1 atom stereocenters. The predicted molar refractivity (Wildman–Crippen MR) is 95.8 cm³/mol. The zero-order valence-electron chi connectivity index (χ0n) is 15.9. The van der Waals surface area contributed by atoms with Gasteiger partial charge in [-0.3, -0.25) is 9.59 Å². The van der Waals surface area contributed by atoms with Gasteiger partial charge >= 0.3 is 0 Å². The van der Waals surface area contributed by atoms with E-state index in [9.17, 15) is 28.0 Å². The molecule has 1 aromatic carbocycles. The summed E-state index contributed by atoms with van der Waals surface area (Å²) >= 11 is 0. The molecule has 152 valence electrons. The van der Waals surface area contributed by atoms with Gasteiger partial charge in [-0.2, -0.15) is 5.26 Å². The molecule has 0 spiro atoms. The highest BCUT2D eigenvalue weighted by Crippen LogP contribution is 2.32. The number of halogens is 3. The molecule has 2 amide bonds. The van der Waals surface area contributed by atoms with Crippen LogP contribution in [-0.2, 0) is 9.59 Å². The van der Waals surface area contributed by atoms with Crippen molar-refractivity contribution >= 4 is 17.5 Å². The molecular weight excluding hydrogens is 373 g/mol. The summed E-state index contributed by atoms with van der Waals surface area (Å²) in [5.41, 5.74) is -1.28. The number of nitrogens with one attached hydrogen (secondary N) is 2. The van der Waals surface area contributed by atoms with Crippen molar-refractivity contribution in [1.29, 1.82) is 5.26 Å². The van der Waals surface area contributed by atoms with Crippen LogP contribution >= 0.6 is 0 Å². The fourth-order valence-electron chi connectivity index (χ4n) is 3.43. The monoisotopic (exact) mass is 397 g/mol. The number of carbonyl (C=O) groups is 2. The highest BCUT2D eigenvalue weighted by molar-refractivity contribution is 5.91. The lowest BCUT2D eigenvalue weighted by molar-refractivity contribution is -0.862. The predicted octanol–water partition coefficient (Wildman–Crippen LogP) is 1.24. The maximum atomic E-state index is 13.6. The molecule has 9 heteroatoms. The van der Waals surface area contributed by atoms with E-state index < -0.39 is 34.6 Å². The normalized spacial score (nSPS) is 16.7. The van der Waals surface area contributed by atoms with Crippen molar-refractivity contribution in [3.63, 3.8) is 0 Å². The Kier molecular flexibility index (Phi) is 7.02. The Morgan fingerprint density at radius 2 is 1.82 bits per heavy atom. The van der Waals surface area contributed by atoms with E-state index in [-0.39, 0.29) is 19.0 Å². The second-order valence-corrected chi connectivity index (χ2v) is 7.24. The summed E-state index contributed by atoms with van der Waals surface area (Å²) in [7, 11) is 3.20. The lowest BCUT2D eigenvalue weighted by atomic mass is 9.81. The number of hydrogen-bond acceptors (Lipinski definition) is 3. The van der Waals surface area contributed by atoms with E-state index in [1.165, 1.54) is 4.90 Å². The Morgan fingerprint density at radius 3 is 2.43 bits per heavy atom. The van der Waals surface area contributed by atoms with Gasteiger partial charge in [-0.25, -0.2) is 13.2 Å². The van der Waals surface area contributed by atoms with Crippen LogP contribution in [-0.4, -0.2) is 49.4 Å². The first-order valence-corrected chi connectivity index (χ1v) is 9.13. The van der Waals surface area contributed by atoms with Crippen molar-refractivity contribution in [2.75, 3.05) is 32.5 Å². The average Bonchev–Trinajstić information content (AvgIpc) is 2.68. The van der Waals surface area contributed by atoms with Crippen LogP contribution in [0, 0.1) is 28.8 Å². The molecule has 0 bridgehead atoms. The summed E-state index contributed by atoms with van der Waals surface area (Å²) in [4.78, 5) is 26.6. The van der Waals surface area contributed by atoms with Gasteiger partial charge in [0, 0.05) is 7.05 Å². The highest BCUT2D eigenvalue weighted by Gasteiger charge is 2.39. The van der Waals surface area contributed by atoms with Crippen molar-refractivity contribution in [2.45, 2.75) is 37.6 Å². The summed E-state index contributed by atoms with van der Waals surface area (Å²) in [5.74, 6) is -5.40. The molecule has 1 aromatic rings. The van der Waals surface area contributed by atoms with Crippen LogP contribution in [0.25, 0.3) is 0 Å². The quantitative estimate of drug-likeness (QED) is 0.709. The van der Waals surface area contributed by atoms with Gasteiger partial charge in [0.15, 0.2) is 30.5 Å². The Hall–Kier alpha value is -2.60. The fourth-order valence-corrected chi connectivity index (χ4v) is 3.43. The number of carbonyl (C=O) groups excluding carboxylic acids is 2. The van der Waals surface area contributed by atoms with Gasteiger partial charge in [-0.05, 0) is 25.0 Å². The Labute approximate surface area is 161 Å². The molecular formula is C19H24F3N4O2+. The van der Waals surface area contributed by atoms with Crippen LogP contribution in [0.15, 0.2) is 12.1 Å². The molecule has 0 radical (unpaired) electrons. The van der Waals surface area contributed by atoms with Crippen molar-refractivity contribution in [2.24, 2.45) is 0 Å². The first-order valence-electron chi connectivity index (χ1n) is 9.13. The molecule has 0 aliphatic heterocycles. The summed E-state index contributed by atoms with van der Waals surface area (Å²) in [5, 5.41) is 11.7. The average molecular weight is 397 g/mol. The Morgan fingerprint density at radius 1 is 1.18 bits per heavy atom. The van der Waals surface area contributed by atoms with Gasteiger partial charge in [-0.15, -0.1) is 0 Å². The van der Waals surface area contributed by atoms with Gasteiger partial charge < -0.3 is 15.1 Å². The van der Waals surface area contributed by atoms with E-state index in [1.807, 2.05) is 0 Å². The molecule has 2 N–H and O–H groups in total. The number of anilines is 1. The standard InChI is InChI=1S/C19H23F3N4O2/c1-25(10-15(27)24-14-7-6-13(20)17(21)18(14)22)11-16(28)26(2)19(12-23)8-4-3-5-9-19/h6-7H,3-5,8-11H2,1-2H3,(H,24,27)/p+1. The molecule has 0 saturated heterocycles. The molecule has 6 nitrogen and oxygen atoms in total. The zero-order chi connectivity index (χ0) is 20.9. The van der Waals surface area contributed by atoms with Crippen molar-refractivity contribution < 1.29 is 27.7 Å². The lowest BCUT2D eigenvalue weighted by Crippen LogP contribution is -3.11. The van der Waals surface area contributed by atoms with Crippen LogP contribution < -0.4 is 10.2 Å². The SMILES string of the molecule is CN(C(=O)C[NH+](C)CC(=O)Nc1ccc(F)c(F)c1F)C1(C#N)CCCCC1. The number of nitriles is 1. The second-order valence-electron chi connectivity index (χ2n) is 7.24. The molecule has 1 saturated carbocycles. The number of quaternary nitrogens is 1. The fraction of sp³-hybridized carbons (Fsp3) is 0.526. The lowest BCUT2D eigenvalue weighted by Gasteiger charge is -2.39. The smallest absolute Gasteiger partial charge is 0.279 e. The van der Waals surface area contributed by atoms with Crippen molar-refractivity contribution in [3.8, 4) is 6.07 Å². The van der Waals surface area contributed by atoms with Crippen LogP contribution in [0.3, 0.4) is 0 Å². The highest BCUT2D eigenvalue weighted by atomic mass is 19.2. The van der Waals surface area contributed by atoms with E-state index >= 15 is 0 Å². The Bertz CT molecular complexity index is 788. The molecule has 1 aliphatic rings. The van der Waals surface area contributed by atoms with Gasteiger partial charge in [-0.1, -0.05) is 19.3 Å². The topological polar surface area (TPSA) is 77.6 Å². The number of amides is 2.